The van der Waals surface area contributed by atoms with Crippen LogP contribution in [0.25, 0.3) is 0 Å². The second kappa shape index (κ2) is 4.00. The number of nitro groups is 1. The molecule has 1 aliphatic rings. The van der Waals surface area contributed by atoms with Crippen LogP contribution in [0.3, 0.4) is 0 Å². The molecule has 0 atom stereocenters. The number of aliphatic carboxylic acids is 1. The first-order valence-electron chi connectivity index (χ1n) is 5.16. The summed E-state index contributed by atoms with van der Waals surface area (Å²) >= 11 is 0. The summed E-state index contributed by atoms with van der Waals surface area (Å²) < 4.78 is 0. The Kier molecular flexibility index (Phi) is 2.66. The Morgan fingerprint density at radius 3 is 2.76 bits per heavy atom. The smallest absolute Gasteiger partial charge is 0.329 e. The number of carboxylic acids is 1. The molecule has 1 aromatic rings. The van der Waals surface area contributed by atoms with Crippen LogP contribution in [0.5, 0.6) is 0 Å². The van der Waals surface area contributed by atoms with E-state index in [1.54, 1.807) is 0 Å². The molecule has 0 saturated heterocycles. The molecule has 7 nitrogen and oxygen atoms in total. The van der Waals surface area contributed by atoms with Gasteiger partial charge in [0.15, 0.2) is 0 Å². The van der Waals surface area contributed by atoms with E-state index in [0.29, 0.717) is 12.8 Å². The van der Waals surface area contributed by atoms with Crippen LogP contribution < -0.4 is 5.32 Å². The molecular weight excluding hydrogens is 226 g/mol. The molecule has 0 aliphatic heterocycles. The summed E-state index contributed by atoms with van der Waals surface area (Å²) in [6.07, 6.45) is 3.09. The summed E-state index contributed by atoms with van der Waals surface area (Å²) in [5.41, 5.74) is -1.31. The van der Waals surface area contributed by atoms with Gasteiger partial charge in [-0.15, -0.1) is 0 Å². The molecule has 0 radical (unpaired) electrons. The van der Waals surface area contributed by atoms with Crippen LogP contribution in [-0.4, -0.2) is 26.5 Å². The summed E-state index contributed by atoms with van der Waals surface area (Å²) in [5, 5.41) is 22.6. The predicted molar refractivity (Wildman–Crippen MR) is 58.7 cm³/mol. The molecule has 1 aliphatic carbocycles. The Morgan fingerprint density at radius 2 is 2.29 bits per heavy atom. The van der Waals surface area contributed by atoms with Crippen LogP contribution >= 0.6 is 0 Å². The minimum absolute atomic E-state index is 0.0135. The van der Waals surface area contributed by atoms with Crippen molar-refractivity contribution in [2.45, 2.75) is 24.8 Å². The number of carboxylic acid groups (broad SMARTS) is 1. The number of hydrogen-bond acceptors (Lipinski definition) is 5. The molecular formula is C10H11N3O4. The molecule has 1 heterocycles. The molecule has 0 spiro atoms. The average molecular weight is 237 g/mol. The van der Waals surface area contributed by atoms with Crippen molar-refractivity contribution in [3.05, 3.63) is 28.4 Å². The molecule has 1 aromatic heterocycles. The largest absolute Gasteiger partial charge is 0.480 e. The minimum atomic E-state index is -1.10. The highest BCUT2D eigenvalue weighted by Crippen LogP contribution is 2.37. The van der Waals surface area contributed by atoms with E-state index in [1.165, 1.54) is 18.3 Å². The Balaban J connectivity index is 2.29. The van der Waals surface area contributed by atoms with Crippen molar-refractivity contribution >= 4 is 17.5 Å². The monoisotopic (exact) mass is 237 g/mol. The molecule has 1 saturated carbocycles. The number of carbonyl (C=O) groups is 1. The Hall–Kier alpha value is -2.18. The van der Waals surface area contributed by atoms with Crippen molar-refractivity contribution < 1.29 is 14.8 Å². The fourth-order valence-electron chi connectivity index (χ4n) is 1.79. The van der Waals surface area contributed by atoms with Gasteiger partial charge in [-0.2, -0.15) is 0 Å². The molecule has 7 heteroatoms. The molecule has 2 N–H and O–H groups in total. The van der Waals surface area contributed by atoms with Crippen molar-refractivity contribution in [3.63, 3.8) is 0 Å². The molecule has 90 valence electrons. The maximum absolute atomic E-state index is 11.1. The van der Waals surface area contributed by atoms with E-state index in [-0.39, 0.29) is 11.5 Å². The third kappa shape index (κ3) is 1.91. The first-order valence-corrected chi connectivity index (χ1v) is 5.16. The average Bonchev–Trinajstić information content (AvgIpc) is 2.23. The van der Waals surface area contributed by atoms with Crippen LogP contribution in [0.4, 0.5) is 11.5 Å². The topological polar surface area (TPSA) is 105 Å². The van der Waals surface area contributed by atoms with Crippen LogP contribution in [0, 0.1) is 10.1 Å². The zero-order valence-corrected chi connectivity index (χ0v) is 8.92. The second-order valence-electron chi connectivity index (χ2n) is 3.99. The lowest BCUT2D eigenvalue weighted by Crippen LogP contribution is -2.52. The summed E-state index contributed by atoms with van der Waals surface area (Å²) in [7, 11) is 0. The van der Waals surface area contributed by atoms with Gasteiger partial charge in [-0.05, 0) is 25.3 Å². The number of hydrogen-bond donors (Lipinski definition) is 2. The Bertz CT molecular complexity index is 470. The number of nitrogens with zero attached hydrogens (tertiary/aromatic N) is 2. The first-order chi connectivity index (χ1) is 8.05. The maximum atomic E-state index is 11.1. The lowest BCUT2D eigenvalue weighted by molar-refractivity contribution is -0.384. The van der Waals surface area contributed by atoms with Gasteiger partial charge < -0.3 is 10.4 Å². The molecule has 0 unspecified atom stereocenters. The number of rotatable bonds is 4. The summed E-state index contributed by atoms with van der Waals surface area (Å²) in [5.74, 6) is -0.983. The van der Waals surface area contributed by atoms with E-state index in [9.17, 15) is 14.9 Å². The third-order valence-electron chi connectivity index (χ3n) is 2.96. The van der Waals surface area contributed by atoms with Gasteiger partial charge in [0.25, 0.3) is 0 Å². The zero-order valence-electron chi connectivity index (χ0n) is 8.92. The lowest BCUT2D eigenvalue weighted by Gasteiger charge is -2.38. The van der Waals surface area contributed by atoms with E-state index in [1.807, 2.05) is 0 Å². The number of aromatic nitrogens is 1. The minimum Gasteiger partial charge on any atom is -0.480 e. The van der Waals surface area contributed by atoms with Gasteiger partial charge in [-0.25, -0.2) is 9.78 Å². The van der Waals surface area contributed by atoms with Crippen molar-refractivity contribution in [2.24, 2.45) is 0 Å². The van der Waals surface area contributed by atoms with E-state index >= 15 is 0 Å². The number of nitrogens with one attached hydrogen (secondary N) is 1. The van der Waals surface area contributed by atoms with Crippen LogP contribution in [0.1, 0.15) is 19.3 Å². The number of pyridine rings is 1. The van der Waals surface area contributed by atoms with Crippen LogP contribution in [-0.2, 0) is 4.79 Å². The lowest BCUT2D eigenvalue weighted by atomic mass is 9.77. The molecule has 0 amide bonds. The first kappa shape index (κ1) is 11.3. The van der Waals surface area contributed by atoms with Crippen LogP contribution in [0.15, 0.2) is 18.3 Å². The third-order valence-corrected chi connectivity index (χ3v) is 2.96. The maximum Gasteiger partial charge on any atom is 0.329 e. The van der Waals surface area contributed by atoms with E-state index in [4.69, 9.17) is 5.11 Å². The summed E-state index contributed by atoms with van der Waals surface area (Å²) in [4.78, 5) is 25.1. The van der Waals surface area contributed by atoms with Crippen LogP contribution in [0.2, 0.25) is 0 Å². The van der Waals surface area contributed by atoms with E-state index in [0.717, 1.165) is 6.42 Å². The van der Waals surface area contributed by atoms with Gasteiger partial charge in [0.1, 0.15) is 5.54 Å². The Labute approximate surface area is 96.6 Å². The quantitative estimate of drug-likeness (QED) is 0.605. The Morgan fingerprint density at radius 1 is 1.59 bits per heavy atom. The molecule has 0 bridgehead atoms. The fourth-order valence-corrected chi connectivity index (χ4v) is 1.79. The van der Waals surface area contributed by atoms with Gasteiger partial charge in [-0.1, -0.05) is 0 Å². The predicted octanol–water partition coefficient (Wildman–Crippen LogP) is 1.41. The van der Waals surface area contributed by atoms with Gasteiger partial charge in [-0.3, -0.25) is 10.1 Å². The van der Waals surface area contributed by atoms with Crippen molar-refractivity contribution in [2.75, 3.05) is 5.32 Å². The SMILES string of the molecule is O=C(O)C1(Nc2ncccc2[N+](=O)[O-])CCC1. The summed E-state index contributed by atoms with van der Waals surface area (Å²) in [6, 6.07) is 2.74. The van der Waals surface area contributed by atoms with Gasteiger partial charge in [0, 0.05) is 12.3 Å². The van der Waals surface area contributed by atoms with Crippen molar-refractivity contribution in [3.8, 4) is 0 Å². The highest BCUT2D eigenvalue weighted by Gasteiger charge is 2.45. The highest BCUT2D eigenvalue weighted by molar-refractivity contribution is 5.84. The standard InChI is InChI=1S/C10H11N3O4/c14-9(15)10(4-2-5-10)12-8-7(13(16)17)3-1-6-11-8/h1,3,6H,2,4-5H2,(H,11,12)(H,14,15). The van der Waals surface area contributed by atoms with Gasteiger partial charge in [0.2, 0.25) is 5.82 Å². The molecule has 1 fully saturated rings. The summed E-state index contributed by atoms with van der Waals surface area (Å²) in [6.45, 7) is 0. The van der Waals surface area contributed by atoms with Gasteiger partial charge in [0.05, 0.1) is 4.92 Å². The molecule has 17 heavy (non-hydrogen) atoms. The number of anilines is 1. The second-order valence-corrected chi connectivity index (χ2v) is 3.99. The van der Waals surface area contributed by atoms with Crippen molar-refractivity contribution in [1.82, 2.24) is 4.98 Å². The zero-order chi connectivity index (χ0) is 12.5. The van der Waals surface area contributed by atoms with E-state index < -0.39 is 16.4 Å². The van der Waals surface area contributed by atoms with Gasteiger partial charge >= 0.3 is 11.7 Å². The van der Waals surface area contributed by atoms with Crippen molar-refractivity contribution in [1.29, 1.82) is 0 Å². The normalized spacial score (nSPS) is 16.9. The molecule has 0 aromatic carbocycles. The molecule has 2 rings (SSSR count). The fraction of sp³-hybridized carbons (Fsp3) is 0.400. The van der Waals surface area contributed by atoms with E-state index in [2.05, 4.69) is 10.3 Å². The highest BCUT2D eigenvalue weighted by atomic mass is 16.6.